The number of amides is 1. The number of rotatable bonds is 5. The first-order chi connectivity index (χ1) is 16.1. The van der Waals surface area contributed by atoms with Crippen molar-refractivity contribution in [3.05, 3.63) is 90.4 Å². The lowest BCUT2D eigenvalue weighted by atomic mass is 9.88. The number of carbonyl (C=O) groups is 1. The molecule has 2 aliphatic heterocycles. The maximum Gasteiger partial charge on any atom is 0.245 e. The molecule has 1 fully saturated rings. The maximum absolute atomic E-state index is 12.2. The van der Waals surface area contributed by atoms with E-state index in [-0.39, 0.29) is 17.9 Å². The predicted octanol–water partition coefficient (Wildman–Crippen LogP) is 4.17. The summed E-state index contributed by atoms with van der Waals surface area (Å²) in [4.78, 5) is 27.9. The van der Waals surface area contributed by atoms with Crippen molar-refractivity contribution in [2.24, 2.45) is 10.9 Å². The summed E-state index contributed by atoms with van der Waals surface area (Å²) in [5.74, 6) is 2.05. The highest BCUT2D eigenvalue weighted by Crippen LogP contribution is 2.41. The lowest BCUT2D eigenvalue weighted by Gasteiger charge is -2.34. The molecule has 7 nitrogen and oxygen atoms in total. The van der Waals surface area contributed by atoms with Gasteiger partial charge in [-0.2, -0.15) is 0 Å². The summed E-state index contributed by atoms with van der Waals surface area (Å²) in [5, 5.41) is 0. The minimum atomic E-state index is -0.166. The Kier molecular flexibility index (Phi) is 5.60. The van der Waals surface area contributed by atoms with Gasteiger partial charge in [0.05, 0.1) is 23.0 Å². The van der Waals surface area contributed by atoms with Crippen molar-refractivity contribution in [2.45, 2.75) is 18.9 Å². The molecule has 0 aliphatic carbocycles. The normalized spacial score (nSPS) is 19.5. The number of benzene rings is 2. The van der Waals surface area contributed by atoms with E-state index < -0.39 is 0 Å². The topological polar surface area (TPSA) is 93.7 Å². The largest absolute Gasteiger partial charge is 0.457 e. The van der Waals surface area contributed by atoms with Gasteiger partial charge in [-0.25, -0.2) is 9.97 Å². The van der Waals surface area contributed by atoms with Crippen LogP contribution < -0.4 is 10.5 Å². The van der Waals surface area contributed by atoms with Gasteiger partial charge in [0.25, 0.3) is 0 Å². The summed E-state index contributed by atoms with van der Waals surface area (Å²) < 4.78 is 5.92. The average molecular weight is 440 g/mol. The number of carbonyl (C=O) groups excluding carboxylic acids is 1. The Bertz CT molecular complexity index is 1210. The molecule has 1 saturated heterocycles. The number of nitrogen functional groups attached to an aromatic ring is 1. The number of aliphatic imine (C=N–C) groups is 1. The van der Waals surface area contributed by atoms with E-state index in [2.05, 4.69) is 16.5 Å². The Hall–Kier alpha value is -4.00. The van der Waals surface area contributed by atoms with Gasteiger partial charge >= 0.3 is 0 Å². The molecule has 3 heterocycles. The summed E-state index contributed by atoms with van der Waals surface area (Å²) in [5.41, 5.74) is 9.61. The van der Waals surface area contributed by atoms with Crippen LogP contribution in [0.1, 0.15) is 35.7 Å². The van der Waals surface area contributed by atoms with Crippen molar-refractivity contribution in [1.82, 2.24) is 14.9 Å². The zero-order valence-electron chi connectivity index (χ0n) is 18.2. The Labute approximate surface area is 192 Å². The molecule has 7 heteroatoms. The molecular formula is C26H25N5O2. The van der Waals surface area contributed by atoms with Crippen molar-refractivity contribution in [1.29, 1.82) is 0 Å². The van der Waals surface area contributed by atoms with Crippen molar-refractivity contribution in [3.63, 3.8) is 0 Å². The summed E-state index contributed by atoms with van der Waals surface area (Å²) in [7, 11) is 0. The quantitative estimate of drug-likeness (QED) is 0.602. The highest BCUT2D eigenvalue weighted by atomic mass is 16.5. The maximum atomic E-state index is 12.2. The Morgan fingerprint density at radius 1 is 1.09 bits per heavy atom. The third-order valence-corrected chi connectivity index (χ3v) is 6.19. The molecule has 3 aromatic rings. The van der Waals surface area contributed by atoms with E-state index in [1.54, 1.807) is 0 Å². The Morgan fingerprint density at radius 3 is 2.61 bits per heavy atom. The molecule has 0 radical (unpaired) electrons. The zero-order valence-corrected chi connectivity index (χ0v) is 18.2. The van der Waals surface area contributed by atoms with Crippen LogP contribution in [0.3, 0.4) is 0 Å². The standard InChI is InChI=1S/C26H25N5O2/c1-2-21(32)31-14-6-7-18(15-31)24-25-22(26(27)29-16-28-25)23(30-24)17-10-12-20(13-11-17)33-19-8-4-3-5-9-19/h2-5,8-13,16,18,24H,1,6-7,14-15H2,(H2,27,28,29)/t18-,24?/m1/s1. The van der Waals surface area contributed by atoms with Crippen LogP contribution in [0.25, 0.3) is 0 Å². The predicted molar refractivity (Wildman–Crippen MR) is 127 cm³/mol. The van der Waals surface area contributed by atoms with Gasteiger partial charge in [0, 0.05) is 24.6 Å². The Morgan fingerprint density at radius 2 is 1.85 bits per heavy atom. The molecule has 1 unspecified atom stereocenters. The fourth-order valence-electron chi connectivity index (χ4n) is 4.60. The van der Waals surface area contributed by atoms with Crippen LogP contribution in [0.2, 0.25) is 0 Å². The van der Waals surface area contributed by atoms with Crippen LogP contribution in [0.15, 0.2) is 78.6 Å². The molecule has 0 spiro atoms. The van der Waals surface area contributed by atoms with Gasteiger partial charge in [-0.15, -0.1) is 0 Å². The van der Waals surface area contributed by atoms with E-state index in [4.69, 9.17) is 15.5 Å². The van der Waals surface area contributed by atoms with Crippen molar-refractivity contribution in [2.75, 3.05) is 18.8 Å². The summed E-state index contributed by atoms with van der Waals surface area (Å²) >= 11 is 0. The molecule has 2 N–H and O–H groups in total. The highest BCUT2D eigenvalue weighted by Gasteiger charge is 2.37. The first kappa shape index (κ1) is 20.9. The van der Waals surface area contributed by atoms with Gasteiger partial charge in [-0.05, 0) is 55.3 Å². The molecule has 2 atom stereocenters. The zero-order chi connectivity index (χ0) is 22.8. The van der Waals surface area contributed by atoms with Crippen LogP contribution in [0.5, 0.6) is 11.5 Å². The van der Waals surface area contributed by atoms with E-state index >= 15 is 0 Å². The average Bonchev–Trinajstić information content (AvgIpc) is 3.26. The number of hydrogen-bond acceptors (Lipinski definition) is 6. The number of likely N-dealkylation sites (tertiary alicyclic amines) is 1. The van der Waals surface area contributed by atoms with Crippen molar-refractivity contribution < 1.29 is 9.53 Å². The highest BCUT2D eigenvalue weighted by molar-refractivity contribution is 6.17. The fourth-order valence-corrected chi connectivity index (χ4v) is 4.60. The molecular weight excluding hydrogens is 414 g/mol. The van der Waals surface area contributed by atoms with E-state index in [0.29, 0.717) is 12.4 Å². The summed E-state index contributed by atoms with van der Waals surface area (Å²) in [6, 6.07) is 17.3. The molecule has 0 saturated carbocycles. The molecule has 2 aromatic carbocycles. The number of nitrogens with two attached hydrogens (primary N) is 1. The second-order valence-electron chi connectivity index (χ2n) is 8.27. The summed E-state index contributed by atoms with van der Waals surface area (Å²) in [6.45, 7) is 4.99. The lowest BCUT2D eigenvalue weighted by Crippen LogP contribution is -2.40. The minimum Gasteiger partial charge on any atom is -0.457 e. The minimum absolute atomic E-state index is 0.0432. The van der Waals surface area contributed by atoms with Gasteiger partial charge in [-0.1, -0.05) is 24.8 Å². The lowest BCUT2D eigenvalue weighted by molar-refractivity contribution is -0.127. The number of piperidine rings is 1. The van der Waals surface area contributed by atoms with Gasteiger partial charge in [-0.3, -0.25) is 9.79 Å². The first-order valence-corrected chi connectivity index (χ1v) is 11.1. The van der Waals surface area contributed by atoms with Gasteiger partial charge < -0.3 is 15.4 Å². The van der Waals surface area contributed by atoms with Gasteiger partial charge in [0.15, 0.2) is 0 Å². The molecule has 5 rings (SSSR count). The molecule has 1 aromatic heterocycles. The number of para-hydroxylation sites is 1. The van der Waals surface area contributed by atoms with E-state index in [0.717, 1.165) is 53.4 Å². The number of ether oxygens (including phenoxy) is 1. The third-order valence-electron chi connectivity index (χ3n) is 6.19. The number of hydrogen-bond donors (Lipinski definition) is 1. The molecule has 166 valence electrons. The van der Waals surface area contributed by atoms with E-state index in [1.807, 2.05) is 59.5 Å². The van der Waals surface area contributed by atoms with E-state index in [9.17, 15) is 4.79 Å². The fraction of sp³-hybridized carbons (Fsp3) is 0.231. The number of fused-ring (bicyclic) bond motifs is 1. The number of aromatic nitrogens is 2. The smallest absolute Gasteiger partial charge is 0.245 e. The van der Waals surface area contributed by atoms with Crippen LogP contribution in [0, 0.1) is 5.92 Å². The van der Waals surface area contributed by atoms with Crippen LogP contribution in [-0.4, -0.2) is 39.6 Å². The van der Waals surface area contributed by atoms with Crippen molar-refractivity contribution in [3.8, 4) is 11.5 Å². The van der Waals surface area contributed by atoms with Crippen molar-refractivity contribution >= 4 is 17.4 Å². The monoisotopic (exact) mass is 439 g/mol. The molecule has 33 heavy (non-hydrogen) atoms. The molecule has 2 aliphatic rings. The Balaban J connectivity index is 1.45. The third kappa shape index (κ3) is 4.09. The second kappa shape index (κ2) is 8.86. The van der Waals surface area contributed by atoms with Gasteiger partial charge in [0.2, 0.25) is 5.91 Å². The number of nitrogens with zero attached hydrogens (tertiary/aromatic N) is 4. The second-order valence-corrected chi connectivity index (χ2v) is 8.27. The van der Waals surface area contributed by atoms with Gasteiger partial charge in [0.1, 0.15) is 23.6 Å². The summed E-state index contributed by atoms with van der Waals surface area (Å²) in [6.07, 6.45) is 4.76. The molecule has 0 bridgehead atoms. The van der Waals surface area contributed by atoms with Crippen LogP contribution in [0.4, 0.5) is 5.82 Å². The van der Waals surface area contributed by atoms with Crippen LogP contribution in [-0.2, 0) is 4.79 Å². The first-order valence-electron chi connectivity index (χ1n) is 11.1. The van der Waals surface area contributed by atoms with Crippen LogP contribution >= 0.6 is 0 Å². The number of anilines is 1. The van der Waals surface area contributed by atoms with E-state index in [1.165, 1.54) is 12.4 Å². The molecule has 1 amide bonds. The SMILES string of the molecule is C=CC(=O)N1CCC[C@@H](C2N=C(c3ccc(Oc4ccccc4)cc3)c3c(N)ncnc32)C1.